The molecule has 136 valence electrons. The molecule has 0 aliphatic carbocycles. The number of aliphatic imine (C=N–C) groups is 1. The van der Waals surface area contributed by atoms with Crippen LogP contribution >= 0.6 is 0 Å². The van der Waals surface area contributed by atoms with Gasteiger partial charge in [-0.1, -0.05) is 0 Å². The van der Waals surface area contributed by atoms with Crippen molar-refractivity contribution in [1.82, 2.24) is 10.6 Å². The molecule has 0 atom stereocenters. The highest BCUT2D eigenvalue weighted by Crippen LogP contribution is 2.30. The number of nitrogens with one attached hydrogen (secondary N) is 2. The highest BCUT2D eigenvalue weighted by molar-refractivity contribution is 5.79. The molecule has 1 rings (SSSR count). The van der Waals surface area contributed by atoms with Gasteiger partial charge in [0.15, 0.2) is 5.96 Å². The molecule has 8 heteroatoms. The van der Waals surface area contributed by atoms with E-state index in [1.54, 1.807) is 7.11 Å². The number of nitrogens with zero attached hydrogens (tertiary/aromatic N) is 1. The van der Waals surface area contributed by atoms with Gasteiger partial charge in [0.05, 0.1) is 12.1 Å². The molecule has 0 bridgehead atoms. The van der Waals surface area contributed by atoms with Crippen LogP contribution in [0.2, 0.25) is 0 Å². The number of hydrogen-bond donors (Lipinski definition) is 2. The van der Waals surface area contributed by atoms with E-state index in [0.29, 0.717) is 38.0 Å². The Balaban J connectivity index is 2.34. The van der Waals surface area contributed by atoms with Gasteiger partial charge >= 0.3 is 6.18 Å². The predicted octanol–water partition coefficient (Wildman–Crippen LogP) is 2.68. The minimum absolute atomic E-state index is 0.313. The molecular weight excluding hydrogens is 323 g/mol. The number of guanidine groups is 1. The maximum Gasteiger partial charge on any atom is 0.416 e. The second-order valence-electron chi connectivity index (χ2n) is 4.90. The van der Waals surface area contributed by atoms with Gasteiger partial charge in [-0.05, 0) is 37.6 Å². The summed E-state index contributed by atoms with van der Waals surface area (Å²) in [7, 11) is 1.64. The number of ether oxygens (including phenoxy) is 2. The number of rotatable bonds is 9. The van der Waals surface area contributed by atoms with Gasteiger partial charge in [-0.2, -0.15) is 13.2 Å². The number of benzene rings is 1. The van der Waals surface area contributed by atoms with Gasteiger partial charge in [0.1, 0.15) is 12.4 Å². The zero-order valence-electron chi connectivity index (χ0n) is 13.9. The van der Waals surface area contributed by atoms with E-state index >= 15 is 0 Å². The van der Waals surface area contributed by atoms with Gasteiger partial charge in [0, 0.05) is 26.8 Å². The van der Waals surface area contributed by atoms with E-state index in [0.717, 1.165) is 25.1 Å². The first-order chi connectivity index (χ1) is 11.5. The Labute approximate surface area is 140 Å². The fraction of sp³-hybridized carbons (Fsp3) is 0.562. The van der Waals surface area contributed by atoms with E-state index in [1.807, 2.05) is 6.92 Å². The normalized spacial score (nSPS) is 12.1. The van der Waals surface area contributed by atoms with Crippen LogP contribution < -0.4 is 15.4 Å². The second-order valence-corrected chi connectivity index (χ2v) is 4.90. The minimum Gasteiger partial charge on any atom is -0.492 e. The average Bonchev–Trinajstić information content (AvgIpc) is 2.55. The maximum atomic E-state index is 12.5. The number of methoxy groups -OCH3 is 1. The van der Waals surface area contributed by atoms with Crippen molar-refractivity contribution in [1.29, 1.82) is 0 Å². The SMILES string of the molecule is CCNC(=NCCCOC)NCCOc1ccc(C(F)(F)F)cc1. The van der Waals surface area contributed by atoms with E-state index in [-0.39, 0.29) is 0 Å². The Hall–Kier alpha value is -1.96. The van der Waals surface area contributed by atoms with Gasteiger partial charge in [-0.15, -0.1) is 0 Å². The summed E-state index contributed by atoms with van der Waals surface area (Å²) in [5.74, 6) is 1.07. The molecule has 0 radical (unpaired) electrons. The third-order valence-corrected chi connectivity index (χ3v) is 2.97. The number of halogens is 3. The van der Waals surface area contributed by atoms with E-state index in [1.165, 1.54) is 12.1 Å². The zero-order valence-corrected chi connectivity index (χ0v) is 13.9. The summed E-state index contributed by atoms with van der Waals surface area (Å²) in [5.41, 5.74) is -0.689. The van der Waals surface area contributed by atoms with Crippen molar-refractivity contribution >= 4 is 5.96 Å². The summed E-state index contributed by atoms with van der Waals surface area (Å²) in [4.78, 5) is 4.37. The molecule has 0 aliphatic heterocycles. The van der Waals surface area contributed by atoms with Crippen molar-refractivity contribution in [2.75, 3.05) is 40.0 Å². The van der Waals surface area contributed by atoms with Crippen LogP contribution in [0, 0.1) is 0 Å². The Morgan fingerprint density at radius 1 is 1.12 bits per heavy atom. The van der Waals surface area contributed by atoms with E-state index < -0.39 is 11.7 Å². The first kappa shape index (κ1) is 20.1. The molecule has 5 nitrogen and oxygen atoms in total. The van der Waals surface area contributed by atoms with E-state index in [9.17, 15) is 13.2 Å². The predicted molar refractivity (Wildman–Crippen MR) is 87.4 cm³/mol. The molecule has 1 aromatic rings. The molecule has 0 saturated carbocycles. The minimum atomic E-state index is -4.33. The molecule has 24 heavy (non-hydrogen) atoms. The molecule has 0 spiro atoms. The van der Waals surface area contributed by atoms with Crippen molar-refractivity contribution in [2.45, 2.75) is 19.5 Å². The third-order valence-electron chi connectivity index (χ3n) is 2.97. The van der Waals surface area contributed by atoms with Crippen LogP contribution in [0.5, 0.6) is 5.75 Å². The average molecular weight is 347 g/mol. The van der Waals surface area contributed by atoms with Crippen molar-refractivity contribution in [2.24, 2.45) is 4.99 Å². The van der Waals surface area contributed by atoms with Crippen molar-refractivity contribution in [3.05, 3.63) is 29.8 Å². The Morgan fingerprint density at radius 3 is 2.42 bits per heavy atom. The largest absolute Gasteiger partial charge is 0.492 e. The van der Waals surface area contributed by atoms with Crippen LogP contribution in [0.25, 0.3) is 0 Å². The lowest BCUT2D eigenvalue weighted by Gasteiger charge is -2.12. The van der Waals surface area contributed by atoms with Crippen LogP contribution in [0.4, 0.5) is 13.2 Å². The van der Waals surface area contributed by atoms with Gasteiger partial charge in [0.2, 0.25) is 0 Å². The van der Waals surface area contributed by atoms with Crippen molar-refractivity contribution in [3.8, 4) is 5.75 Å². The Bertz CT molecular complexity index is 490. The topological polar surface area (TPSA) is 54.9 Å². The van der Waals surface area contributed by atoms with Gasteiger partial charge < -0.3 is 20.1 Å². The monoisotopic (exact) mass is 347 g/mol. The van der Waals surface area contributed by atoms with Crippen LogP contribution in [0.3, 0.4) is 0 Å². The summed E-state index contributed by atoms with van der Waals surface area (Å²) < 4.78 is 47.7. The first-order valence-corrected chi connectivity index (χ1v) is 7.78. The number of hydrogen-bond acceptors (Lipinski definition) is 3. The van der Waals surface area contributed by atoms with E-state index in [4.69, 9.17) is 9.47 Å². The quantitative estimate of drug-likeness (QED) is 0.410. The van der Waals surface area contributed by atoms with Gasteiger partial charge in [-0.3, -0.25) is 4.99 Å². The number of alkyl halides is 3. The molecule has 0 amide bonds. The highest BCUT2D eigenvalue weighted by atomic mass is 19.4. The second kappa shape index (κ2) is 10.7. The highest BCUT2D eigenvalue weighted by Gasteiger charge is 2.29. The first-order valence-electron chi connectivity index (χ1n) is 7.78. The smallest absolute Gasteiger partial charge is 0.416 e. The van der Waals surface area contributed by atoms with E-state index in [2.05, 4.69) is 15.6 Å². The Morgan fingerprint density at radius 2 is 1.83 bits per heavy atom. The van der Waals surface area contributed by atoms with Crippen LogP contribution in [0.1, 0.15) is 18.9 Å². The standard InChI is InChI=1S/C16H24F3N3O2/c1-3-20-15(21-9-4-11-23-2)22-10-12-24-14-7-5-13(6-8-14)16(17,18)19/h5-8H,3-4,9-12H2,1-2H3,(H2,20,21,22). The van der Waals surface area contributed by atoms with Crippen LogP contribution in [-0.4, -0.2) is 45.9 Å². The van der Waals surface area contributed by atoms with Crippen molar-refractivity contribution in [3.63, 3.8) is 0 Å². The lowest BCUT2D eigenvalue weighted by Crippen LogP contribution is -2.39. The van der Waals surface area contributed by atoms with Crippen molar-refractivity contribution < 1.29 is 22.6 Å². The summed E-state index contributed by atoms with van der Waals surface area (Å²) in [6.07, 6.45) is -3.50. The van der Waals surface area contributed by atoms with Crippen LogP contribution in [-0.2, 0) is 10.9 Å². The summed E-state index contributed by atoms with van der Waals surface area (Å²) >= 11 is 0. The Kier molecular flexibility index (Phi) is 8.99. The molecule has 0 aromatic heterocycles. The molecule has 0 heterocycles. The molecule has 2 N–H and O–H groups in total. The molecule has 1 aromatic carbocycles. The lowest BCUT2D eigenvalue weighted by atomic mass is 10.2. The molecule has 0 unspecified atom stereocenters. The fourth-order valence-corrected chi connectivity index (χ4v) is 1.82. The summed E-state index contributed by atoms with van der Waals surface area (Å²) in [5, 5.41) is 6.20. The molecule has 0 saturated heterocycles. The summed E-state index contributed by atoms with van der Waals surface area (Å²) in [6.45, 7) is 4.79. The van der Waals surface area contributed by atoms with Gasteiger partial charge in [0.25, 0.3) is 0 Å². The summed E-state index contributed by atoms with van der Waals surface area (Å²) in [6, 6.07) is 4.63. The fourth-order valence-electron chi connectivity index (χ4n) is 1.82. The zero-order chi connectivity index (χ0) is 17.8. The molecule has 0 aliphatic rings. The molecular formula is C16H24F3N3O2. The maximum absolute atomic E-state index is 12.5. The third kappa shape index (κ3) is 8.05. The van der Waals surface area contributed by atoms with Crippen LogP contribution in [0.15, 0.2) is 29.3 Å². The molecule has 0 fully saturated rings. The van der Waals surface area contributed by atoms with Gasteiger partial charge in [-0.25, -0.2) is 0 Å². The lowest BCUT2D eigenvalue weighted by molar-refractivity contribution is -0.137.